The second-order valence-corrected chi connectivity index (χ2v) is 3.67. The fourth-order valence-electron chi connectivity index (χ4n) is 1.39. The summed E-state index contributed by atoms with van der Waals surface area (Å²) in [6.45, 7) is 1.72. The molecule has 0 aliphatic heterocycles. The monoisotopic (exact) mass is 244 g/mol. The van der Waals surface area contributed by atoms with Crippen molar-refractivity contribution in [2.45, 2.75) is 6.92 Å². The molecular weight excluding hydrogens is 232 g/mol. The van der Waals surface area contributed by atoms with Crippen LogP contribution in [0.4, 0.5) is 0 Å². The van der Waals surface area contributed by atoms with Gasteiger partial charge in [-0.05, 0) is 37.3 Å². The predicted octanol–water partition coefficient (Wildman–Crippen LogP) is 2.14. The van der Waals surface area contributed by atoms with E-state index in [9.17, 15) is 9.90 Å². The molecule has 0 fully saturated rings. The van der Waals surface area contributed by atoms with Gasteiger partial charge in [-0.15, -0.1) is 0 Å². The van der Waals surface area contributed by atoms with Crippen molar-refractivity contribution in [1.29, 1.82) is 0 Å². The number of hydrazone groups is 1. The zero-order valence-corrected chi connectivity index (χ0v) is 9.75. The molecular formula is C13H12N2O3. The molecule has 0 radical (unpaired) electrons. The Kier molecular flexibility index (Phi) is 3.43. The van der Waals surface area contributed by atoms with Gasteiger partial charge in [0, 0.05) is 5.56 Å². The Labute approximate surface area is 104 Å². The number of carbonyl (C=O) groups is 1. The topological polar surface area (TPSA) is 74.8 Å². The van der Waals surface area contributed by atoms with Gasteiger partial charge < -0.3 is 9.52 Å². The molecule has 1 heterocycles. The van der Waals surface area contributed by atoms with E-state index in [1.807, 2.05) is 0 Å². The van der Waals surface area contributed by atoms with Crippen LogP contribution >= 0.6 is 0 Å². The van der Waals surface area contributed by atoms with Crippen LogP contribution in [0.3, 0.4) is 0 Å². The molecule has 0 bridgehead atoms. The van der Waals surface area contributed by atoms with Crippen LogP contribution in [-0.2, 0) is 0 Å². The van der Waals surface area contributed by atoms with Crippen LogP contribution < -0.4 is 5.43 Å². The lowest BCUT2D eigenvalue weighted by Gasteiger charge is -2.01. The SMILES string of the molecule is C/C(=N/NC(=O)c1cccc(O)c1)c1ccco1. The van der Waals surface area contributed by atoms with Crippen molar-refractivity contribution in [3.05, 3.63) is 54.0 Å². The fourth-order valence-corrected chi connectivity index (χ4v) is 1.39. The van der Waals surface area contributed by atoms with Crippen molar-refractivity contribution in [1.82, 2.24) is 5.43 Å². The largest absolute Gasteiger partial charge is 0.508 e. The molecule has 1 amide bonds. The third kappa shape index (κ3) is 2.76. The Morgan fingerprint density at radius 1 is 1.33 bits per heavy atom. The smallest absolute Gasteiger partial charge is 0.271 e. The first kappa shape index (κ1) is 11.9. The highest BCUT2D eigenvalue weighted by Gasteiger charge is 2.06. The third-order valence-corrected chi connectivity index (χ3v) is 2.31. The molecule has 0 spiro atoms. The zero-order chi connectivity index (χ0) is 13.0. The van der Waals surface area contributed by atoms with Crippen LogP contribution in [0, 0.1) is 0 Å². The molecule has 0 unspecified atom stereocenters. The average molecular weight is 244 g/mol. The molecule has 0 saturated heterocycles. The van der Waals surface area contributed by atoms with Gasteiger partial charge in [-0.3, -0.25) is 4.79 Å². The predicted molar refractivity (Wildman–Crippen MR) is 66.5 cm³/mol. The standard InChI is InChI=1S/C13H12N2O3/c1-9(12-6-3-7-18-12)14-15-13(17)10-4-2-5-11(16)8-10/h2-8,16H,1H3,(H,15,17)/b14-9-. The summed E-state index contributed by atoms with van der Waals surface area (Å²) in [6, 6.07) is 9.53. The number of carbonyl (C=O) groups excluding carboxylic acids is 1. The average Bonchev–Trinajstić information content (AvgIpc) is 2.89. The minimum Gasteiger partial charge on any atom is -0.508 e. The van der Waals surface area contributed by atoms with E-state index in [1.54, 1.807) is 31.2 Å². The number of benzene rings is 1. The maximum atomic E-state index is 11.7. The Hall–Kier alpha value is -2.56. The van der Waals surface area contributed by atoms with E-state index in [0.29, 0.717) is 17.0 Å². The molecule has 92 valence electrons. The summed E-state index contributed by atoms with van der Waals surface area (Å²) in [5.74, 6) is 0.234. The molecule has 1 aromatic heterocycles. The summed E-state index contributed by atoms with van der Waals surface area (Å²) < 4.78 is 5.13. The molecule has 0 atom stereocenters. The lowest BCUT2D eigenvalue weighted by molar-refractivity contribution is 0.0954. The lowest BCUT2D eigenvalue weighted by atomic mass is 10.2. The van der Waals surface area contributed by atoms with Gasteiger partial charge >= 0.3 is 0 Å². The Morgan fingerprint density at radius 3 is 2.83 bits per heavy atom. The van der Waals surface area contributed by atoms with Gasteiger partial charge in [0.25, 0.3) is 5.91 Å². The van der Waals surface area contributed by atoms with Crippen LogP contribution in [0.2, 0.25) is 0 Å². The summed E-state index contributed by atoms with van der Waals surface area (Å²) >= 11 is 0. The molecule has 2 N–H and O–H groups in total. The van der Waals surface area contributed by atoms with Crippen LogP contribution in [0.5, 0.6) is 5.75 Å². The molecule has 0 aliphatic carbocycles. The lowest BCUT2D eigenvalue weighted by Crippen LogP contribution is -2.19. The van der Waals surface area contributed by atoms with Gasteiger partial charge in [0.2, 0.25) is 0 Å². The number of rotatable bonds is 3. The highest BCUT2D eigenvalue weighted by atomic mass is 16.3. The number of amides is 1. The van der Waals surface area contributed by atoms with Crippen LogP contribution in [0.15, 0.2) is 52.2 Å². The third-order valence-electron chi connectivity index (χ3n) is 2.31. The zero-order valence-electron chi connectivity index (χ0n) is 9.75. The van der Waals surface area contributed by atoms with Gasteiger partial charge in [-0.25, -0.2) is 5.43 Å². The Balaban J connectivity index is 2.07. The van der Waals surface area contributed by atoms with Gasteiger partial charge in [-0.2, -0.15) is 5.10 Å². The number of hydrogen-bond donors (Lipinski definition) is 2. The summed E-state index contributed by atoms with van der Waals surface area (Å²) in [4.78, 5) is 11.7. The summed E-state index contributed by atoms with van der Waals surface area (Å²) in [7, 11) is 0. The van der Waals surface area contributed by atoms with Gasteiger partial charge in [-0.1, -0.05) is 6.07 Å². The summed E-state index contributed by atoms with van der Waals surface area (Å²) in [5.41, 5.74) is 3.29. The summed E-state index contributed by atoms with van der Waals surface area (Å²) in [5, 5.41) is 13.2. The van der Waals surface area contributed by atoms with Crippen molar-refractivity contribution >= 4 is 11.6 Å². The Bertz CT molecular complexity index is 574. The number of nitrogens with one attached hydrogen (secondary N) is 1. The molecule has 18 heavy (non-hydrogen) atoms. The molecule has 2 aromatic rings. The highest BCUT2D eigenvalue weighted by Crippen LogP contribution is 2.10. The maximum absolute atomic E-state index is 11.7. The number of nitrogens with zero attached hydrogens (tertiary/aromatic N) is 1. The van der Waals surface area contributed by atoms with E-state index >= 15 is 0 Å². The van der Waals surface area contributed by atoms with E-state index in [4.69, 9.17) is 4.42 Å². The fraction of sp³-hybridized carbons (Fsp3) is 0.0769. The van der Waals surface area contributed by atoms with Crippen molar-refractivity contribution in [2.75, 3.05) is 0 Å². The van der Waals surface area contributed by atoms with Gasteiger partial charge in [0.05, 0.1) is 6.26 Å². The first-order valence-electron chi connectivity index (χ1n) is 5.34. The van der Waals surface area contributed by atoms with E-state index < -0.39 is 5.91 Å². The summed E-state index contributed by atoms with van der Waals surface area (Å²) in [6.07, 6.45) is 1.53. The minimum atomic E-state index is -0.392. The number of aromatic hydroxyl groups is 1. The first-order valence-corrected chi connectivity index (χ1v) is 5.34. The number of hydrogen-bond acceptors (Lipinski definition) is 4. The number of furan rings is 1. The van der Waals surface area contributed by atoms with Crippen molar-refractivity contribution in [3.63, 3.8) is 0 Å². The van der Waals surface area contributed by atoms with Crippen LogP contribution in [0.25, 0.3) is 0 Å². The maximum Gasteiger partial charge on any atom is 0.271 e. The normalized spacial score (nSPS) is 11.3. The first-order chi connectivity index (χ1) is 8.66. The second kappa shape index (κ2) is 5.18. The molecule has 0 aliphatic rings. The minimum absolute atomic E-state index is 0.0365. The molecule has 5 nitrogen and oxygen atoms in total. The molecule has 5 heteroatoms. The Morgan fingerprint density at radius 2 is 2.17 bits per heavy atom. The van der Waals surface area contributed by atoms with E-state index in [-0.39, 0.29) is 5.75 Å². The number of phenols is 1. The van der Waals surface area contributed by atoms with Gasteiger partial charge in [0.15, 0.2) is 0 Å². The van der Waals surface area contributed by atoms with E-state index in [1.165, 1.54) is 18.4 Å². The highest BCUT2D eigenvalue weighted by molar-refractivity contribution is 5.99. The molecule has 2 rings (SSSR count). The van der Waals surface area contributed by atoms with Gasteiger partial charge in [0.1, 0.15) is 17.2 Å². The number of phenolic OH excluding ortho intramolecular Hbond substituents is 1. The van der Waals surface area contributed by atoms with E-state index in [0.717, 1.165) is 0 Å². The van der Waals surface area contributed by atoms with Crippen LogP contribution in [0.1, 0.15) is 23.0 Å². The molecule has 0 saturated carbocycles. The molecule has 1 aromatic carbocycles. The second-order valence-electron chi connectivity index (χ2n) is 3.67. The van der Waals surface area contributed by atoms with E-state index in [2.05, 4.69) is 10.5 Å². The quantitative estimate of drug-likeness (QED) is 0.641. The van der Waals surface area contributed by atoms with Crippen molar-refractivity contribution in [3.8, 4) is 5.75 Å². The van der Waals surface area contributed by atoms with Crippen molar-refractivity contribution in [2.24, 2.45) is 5.10 Å². The van der Waals surface area contributed by atoms with Crippen LogP contribution in [-0.4, -0.2) is 16.7 Å². The van der Waals surface area contributed by atoms with Crippen molar-refractivity contribution < 1.29 is 14.3 Å².